The summed E-state index contributed by atoms with van der Waals surface area (Å²) in [6.07, 6.45) is 2.99. The summed E-state index contributed by atoms with van der Waals surface area (Å²) in [6.45, 7) is 3.37. The number of halogens is 1. The molecule has 3 N–H and O–H groups in total. The van der Waals surface area contributed by atoms with Gasteiger partial charge in [0.2, 0.25) is 0 Å². The van der Waals surface area contributed by atoms with Gasteiger partial charge in [-0.2, -0.15) is 0 Å². The highest BCUT2D eigenvalue weighted by atomic mass is 19.1. The third-order valence-corrected chi connectivity index (χ3v) is 4.33. The molecule has 1 fully saturated rings. The lowest BCUT2D eigenvalue weighted by molar-refractivity contribution is -0.148. The van der Waals surface area contributed by atoms with Crippen molar-refractivity contribution in [2.45, 2.75) is 19.8 Å². The monoisotopic (exact) mass is 359 g/mol. The Morgan fingerprint density at radius 2 is 2.23 bits per heavy atom. The first-order chi connectivity index (χ1) is 12.6. The normalized spacial score (nSPS) is 17.0. The Morgan fingerprint density at radius 1 is 1.42 bits per heavy atom. The third kappa shape index (κ3) is 3.84. The zero-order valence-electron chi connectivity index (χ0n) is 14.6. The van der Waals surface area contributed by atoms with Gasteiger partial charge in [-0.05, 0) is 31.9 Å². The number of carbonyl (C=O) groups is 1. The number of benzene rings is 1. The number of rotatable bonds is 5. The van der Waals surface area contributed by atoms with Crippen molar-refractivity contribution in [1.29, 1.82) is 0 Å². The van der Waals surface area contributed by atoms with Crippen LogP contribution in [-0.4, -0.2) is 35.6 Å². The lowest BCUT2D eigenvalue weighted by Gasteiger charge is -2.33. The van der Waals surface area contributed by atoms with E-state index in [0.29, 0.717) is 30.5 Å². The molecule has 0 bridgehead atoms. The van der Waals surface area contributed by atoms with Crippen LogP contribution in [0.5, 0.6) is 0 Å². The summed E-state index contributed by atoms with van der Waals surface area (Å²) in [5.41, 5.74) is 6.83. The average Bonchev–Trinajstić information content (AvgIpc) is 2.65. The van der Waals surface area contributed by atoms with Crippen LogP contribution in [-0.2, 0) is 9.53 Å². The molecule has 2 aromatic rings. The Balaban J connectivity index is 1.80. The van der Waals surface area contributed by atoms with Gasteiger partial charge in [0.1, 0.15) is 17.8 Å². The van der Waals surface area contributed by atoms with Crippen molar-refractivity contribution in [3.8, 4) is 0 Å². The molecule has 26 heavy (non-hydrogen) atoms. The van der Waals surface area contributed by atoms with Gasteiger partial charge in [-0.25, -0.2) is 14.4 Å². The van der Waals surface area contributed by atoms with E-state index in [4.69, 9.17) is 10.5 Å². The standard InChI is InChI=1S/C18H22FN5O2/c1-2-26-18(25)12-6-5-9-24(10-12)17-15(20)16(21-11-22-17)23-14-8-4-3-7-13(14)19/h3-4,7-8,11-12H,2,5-6,9-10,20H2,1H3,(H,21,22,23). The second kappa shape index (κ2) is 7.99. The highest BCUT2D eigenvalue weighted by molar-refractivity contribution is 5.79. The van der Waals surface area contributed by atoms with Crippen LogP contribution in [0.3, 0.4) is 0 Å². The Labute approximate surface area is 151 Å². The first-order valence-corrected chi connectivity index (χ1v) is 8.63. The van der Waals surface area contributed by atoms with Gasteiger partial charge in [-0.1, -0.05) is 12.1 Å². The van der Waals surface area contributed by atoms with Crippen LogP contribution in [0.15, 0.2) is 30.6 Å². The van der Waals surface area contributed by atoms with E-state index in [1.54, 1.807) is 25.1 Å². The average molecular weight is 359 g/mol. The van der Waals surface area contributed by atoms with E-state index >= 15 is 0 Å². The number of nitrogen functional groups attached to an aromatic ring is 1. The molecule has 0 amide bonds. The van der Waals surface area contributed by atoms with Gasteiger partial charge in [0.05, 0.1) is 18.2 Å². The van der Waals surface area contributed by atoms with Gasteiger partial charge in [-0.3, -0.25) is 4.79 Å². The molecule has 1 aromatic heterocycles. The summed E-state index contributed by atoms with van der Waals surface area (Å²) >= 11 is 0. The Kier molecular flexibility index (Phi) is 5.50. The van der Waals surface area contributed by atoms with Crippen LogP contribution in [0.4, 0.5) is 27.4 Å². The van der Waals surface area contributed by atoms with E-state index in [9.17, 15) is 9.18 Å². The van der Waals surface area contributed by atoms with Gasteiger partial charge in [-0.15, -0.1) is 0 Å². The number of nitrogens with zero attached hydrogens (tertiary/aromatic N) is 3. The molecule has 1 aliphatic rings. The van der Waals surface area contributed by atoms with E-state index in [1.165, 1.54) is 12.4 Å². The van der Waals surface area contributed by atoms with Crippen LogP contribution in [0.1, 0.15) is 19.8 Å². The van der Waals surface area contributed by atoms with E-state index in [1.807, 2.05) is 4.90 Å². The van der Waals surface area contributed by atoms with Crippen LogP contribution in [0.25, 0.3) is 0 Å². The molecule has 0 spiro atoms. The number of carbonyl (C=O) groups excluding carboxylic acids is 1. The fourth-order valence-electron chi connectivity index (χ4n) is 3.05. The number of anilines is 4. The maximum Gasteiger partial charge on any atom is 0.310 e. The van der Waals surface area contributed by atoms with E-state index in [2.05, 4.69) is 15.3 Å². The van der Waals surface area contributed by atoms with Crippen LogP contribution < -0.4 is 16.0 Å². The molecule has 0 radical (unpaired) electrons. The molecule has 0 saturated carbocycles. The van der Waals surface area contributed by atoms with E-state index in [-0.39, 0.29) is 17.6 Å². The molecule has 1 unspecified atom stereocenters. The highest BCUT2D eigenvalue weighted by Crippen LogP contribution is 2.32. The Bertz CT molecular complexity index is 786. The molecule has 2 heterocycles. The van der Waals surface area contributed by atoms with Gasteiger partial charge in [0.25, 0.3) is 0 Å². The SMILES string of the molecule is CCOC(=O)C1CCCN(c2ncnc(Nc3ccccc3F)c2N)C1. The molecule has 7 nitrogen and oxygen atoms in total. The molecule has 1 aromatic carbocycles. The number of esters is 1. The van der Waals surface area contributed by atoms with Crippen molar-refractivity contribution in [3.05, 3.63) is 36.4 Å². The van der Waals surface area contributed by atoms with Crippen molar-refractivity contribution in [2.75, 3.05) is 35.6 Å². The summed E-state index contributed by atoms with van der Waals surface area (Å²) in [4.78, 5) is 22.4. The fraction of sp³-hybridized carbons (Fsp3) is 0.389. The summed E-state index contributed by atoms with van der Waals surface area (Å²) in [6, 6.07) is 6.29. The maximum atomic E-state index is 13.9. The molecule has 8 heteroatoms. The first kappa shape index (κ1) is 17.9. The molecular formula is C18H22FN5O2. The number of hydrogen-bond donors (Lipinski definition) is 2. The second-order valence-corrected chi connectivity index (χ2v) is 6.10. The largest absolute Gasteiger partial charge is 0.466 e. The minimum atomic E-state index is -0.396. The summed E-state index contributed by atoms with van der Waals surface area (Å²) in [5.74, 6) is 0.0641. The van der Waals surface area contributed by atoms with Crippen LogP contribution in [0.2, 0.25) is 0 Å². The first-order valence-electron chi connectivity index (χ1n) is 8.63. The third-order valence-electron chi connectivity index (χ3n) is 4.33. The lowest BCUT2D eigenvalue weighted by Crippen LogP contribution is -2.40. The van der Waals surface area contributed by atoms with Crippen molar-refractivity contribution >= 4 is 29.0 Å². The number of aromatic nitrogens is 2. The van der Waals surface area contributed by atoms with Crippen LogP contribution >= 0.6 is 0 Å². The highest BCUT2D eigenvalue weighted by Gasteiger charge is 2.29. The van der Waals surface area contributed by atoms with Crippen LogP contribution in [0, 0.1) is 11.7 Å². The van der Waals surface area contributed by atoms with E-state index < -0.39 is 5.82 Å². The molecule has 1 saturated heterocycles. The molecule has 3 rings (SSSR count). The van der Waals surface area contributed by atoms with E-state index in [0.717, 1.165) is 19.4 Å². The van der Waals surface area contributed by atoms with Crippen molar-refractivity contribution in [1.82, 2.24) is 9.97 Å². The second-order valence-electron chi connectivity index (χ2n) is 6.10. The van der Waals surface area contributed by atoms with Crippen molar-refractivity contribution in [2.24, 2.45) is 5.92 Å². The van der Waals surface area contributed by atoms with Crippen molar-refractivity contribution in [3.63, 3.8) is 0 Å². The number of nitrogens with two attached hydrogens (primary N) is 1. The van der Waals surface area contributed by atoms with Gasteiger partial charge < -0.3 is 20.7 Å². The summed E-state index contributed by atoms with van der Waals surface area (Å²) in [7, 11) is 0. The zero-order valence-corrected chi connectivity index (χ0v) is 14.6. The quantitative estimate of drug-likeness (QED) is 0.793. The molecular weight excluding hydrogens is 337 g/mol. The molecule has 138 valence electrons. The number of hydrogen-bond acceptors (Lipinski definition) is 7. The topological polar surface area (TPSA) is 93.4 Å². The fourth-order valence-corrected chi connectivity index (χ4v) is 3.05. The van der Waals surface area contributed by atoms with Crippen molar-refractivity contribution < 1.29 is 13.9 Å². The predicted molar refractivity (Wildman–Crippen MR) is 97.7 cm³/mol. The maximum absolute atomic E-state index is 13.9. The zero-order chi connectivity index (χ0) is 18.5. The minimum absolute atomic E-state index is 0.200. The summed E-state index contributed by atoms with van der Waals surface area (Å²) in [5, 5.41) is 2.90. The number of para-hydroxylation sites is 1. The number of piperidine rings is 1. The van der Waals surface area contributed by atoms with Gasteiger partial charge >= 0.3 is 5.97 Å². The molecule has 1 aliphatic heterocycles. The predicted octanol–water partition coefficient (Wildman–Crippen LogP) is 2.72. The van der Waals surface area contributed by atoms with Gasteiger partial charge in [0.15, 0.2) is 11.6 Å². The number of nitrogens with one attached hydrogen (secondary N) is 1. The van der Waals surface area contributed by atoms with Gasteiger partial charge in [0, 0.05) is 13.1 Å². The Morgan fingerprint density at radius 3 is 3.00 bits per heavy atom. The molecule has 1 atom stereocenters. The Hall–Kier alpha value is -2.90. The lowest BCUT2D eigenvalue weighted by atomic mass is 9.98. The summed E-state index contributed by atoms with van der Waals surface area (Å²) < 4.78 is 19.0. The smallest absolute Gasteiger partial charge is 0.310 e. The minimum Gasteiger partial charge on any atom is -0.466 e. The number of ether oxygens (including phenoxy) is 1. The molecule has 0 aliphatic carbocycles.